The van der Waals surface area contributed by atoms with Gasteiger partial charge in [0.05, 0.1) is 11.1 Å². The minimum Gasteiger partial charge on any atom is -0.508 e. The first kappa shape index (κ1) is 17.7. The van der Waals surface area contributed by atoms with Gasteiger partial charge in [0.1, 0.15) is 17.9 Å². The van der Waals surface area contributed by atoms with Crippen molar-refractivity contribution in [3.05, 3.63) is 77.4 Å². The molecule has 0 radical (unpaired) electrons. The molecule has 0 fully saturated rings. The van der Waals surface area contributed by atoms with Crippen LogP contribution in [0.3, 0.4) is 0 Å². The monoisotopic (exact) mass is 328 g/mol. The van der Waals surface area contributed by atoms with Crippen LogP contribution in [0.4, 0.5) is 0 Å². The Morgan fingerprint density at radius 1 is 0.960 bits per heavy atom. The molecule has 0 aliphatic heterocycles. The Labute approximate surface area is 146 Å². The van der Waals surface area contributed by atoms with Gasteiger partial charge in [0.15, 0.2) is 5.78 Å². The number of phenolic OH excluding ortho intramolecular Hbond substituents is 1. The molecule has 0 saturated heterocycles. The van der Waals surface area contributed by atoms with E-state index in [0.29, 0.717) is 16.7 Å². The summed E-state index contributed by atoms with van der Waals surface area (Å²) in [6.07, 6.45) is 0.254. The smallest absolute Gasteiger partial charge is 0.162 e. The van der Waals surface area contributed by atoms with Crippen molar-refractivity contribution in [2.75, 3.05) is 0 Å². The Kier molecular flexibility index (Phi) is 5.50. The molecule has 25 heavy (non-hydrogen) atoms. The minimum atomic E-state index is -0.0365. The van der Waals surface area contributed by atoms with Gasteiger partial charge in [-0.25, -0.2) is 0 Å². The summed E-state index contributed by atoms with van der Waals surface area (Å²) in [6.45, 7) is 5.30. The van der Waals surface area contributed by atoms with E-state index in [1.807, 2.05) is 0 Å². The second kappa shape index (κ2) is 7.77. The zero-order valence-corrected chi connectivity index (χ0v) is 13.8. The Hall–Kier alpha value is -3.63. The van der Waals surface area contributed by atoms with E-state index in [1.165, 1.54) is 12.1 Å². The SMILES string of the molecule is C=C(C)C(=O)Cc1ccc(/C(C#N)=C(\C#N)c2ccc(O)cc2)cc1. The van der Waals surface area contributed by atoms with Gasteiger partial charge in [0.2, 0.25) is 0 Å². The summed E-state index contributed by atoms with van der Waals surface area (Å²) >= 11 is 0. The molecule has 0 atom stereocenters. The number of hydrogen-bond acceptors (Lipinski definition) is 4. The van der Waals surface area contributed by atoms with Crippen LogP contribution in [-0.2, 0) is 11.2 Å². The number of carbonyl (C=O) groups is 1. The highest BCUT2D eigenvalue weighted by atomic mass is 16.3. The molecular formula is C21H16N2O2. The van der Waals surface area contributed by atoms with Crippen molar-refractivity contribution >= 4 is 16.9 Å². The van der Waals surface area contributed by atoms with E-state index in [9.17, 15) is 20.4 Å². The fourth-order valence-corrected chi connectivity index (χ4v) is 2.28. The van der Waals surface area contributed by atoms with Crippen LogP contribution in [0, 0.1) is 22.7 Å². The molecule has 2 aromatic rings. The molecular weight excluding hydrogens is 312 g/mol. The van der Waals surface area contributed by atoms with Crippen molar-refractivity contribution < 1.29 is 9.90 Å². The third-order valence-corrected chi connectivity index (χ3v) is 3.71. The Morgan fingerprint density at radius 3 is 1.80 bits per heavy atom. The number of rotatable bonds is 5. The molecule has 0 aromatic heterocycles. The first-order valence-corrected chi connectivity index (χ1v) is 7.58. The molecule has 2 rings (SSSR count). The molecule has 0 aliphatic carbocycles. The highest BCUT2D eigenvalue weighted by Gasteiger charge is 2.12. The van der Waals surface area contributed by atoms with Gasteiger partial charge in [0.25, 0.3) is 0 Å². The second-order valence-electron chi connectivity index (χ2n) is 5.60. The van der Waals surface area contributed by atoms with E-state index in [1.54, 1.807) is 43.3 Å². The summed E-state index contributed by atoms with van der Waals surface area (Å²) < 4.78 is 0. The molecule has 2 aromatic carbocycles. The van der Waals surface area contributed by atoms with E-state index in [-0.39, 0.29) is 29.1 Å². The maximum Gasteiger partial charge on any atom is 0.162 e. The predicted molar refractivity (Wildman–Crippen MR) is 96.1 cm³/mol. The van der Waals surface area contributed by atoms with Gasteiger partial charge in [0, 0.05) is 6.42 Å². The van der Waals surface area contributed by atoms with Crippen molar-refractivity contribution in [2.45, 2.75) is 13.3 Å². The van der Waals surface area contributed by atoms with Crippen molar-refractivity contribution in [3.8, 4) is 17.9 Å². The van der Waals surface area contributed by atoms with E-state index in [2.05, 4.69) is 18.7 Å². The summed E-state index contributed by atoms with van der Waals surface area (Å²) in [5.74, 6) is 0.0525. The van der Waals surface area contributed by atoms with Crippen molar-refractivity contribution in [3.63, 3.8) is 0 Å². The fraction of sp³-hybridized carbons (Fsp3) is 0.0952. The zero-order chi connectivity index (χ0) is 18.4. The summed E-state index contributed by atoms with van der Waals surface area (Å²) in [4.78, 5) is 11.7. The molecule has 0 unspecified atom stereocenters. The molecule has 0 aliphatic rings. The minimum absolute atomic E-state index is 0.0365. The first-order chi connectivity index (χ1) is 12.0. The molecule has 0 saturated carbocycles. The molecule has 0 amide bonds. The Morgan fingerprint density at radius 2 is 1.40 bits per heavy atom. The summed E-state index contributed by atoms with van der Waals surface area (Å²) in [7, 11) is 0. The van der Waals surface area contributed by atoms with E-state index in [0.717, 1.165) is 5.56 Å². The van der Waals surface area contributed by atoms with Gasteiger partial charge in [-0.1, -0.05) is 30.8 Å². The van der Waals surface area contributed by atoms with E-state index >= 15 is 0 Å². The second-order valence-corrected chi connectivity index (χ2v) is 5.60. The lowest BCUT2D eigenvalue weighted by atomic mass is 9.95. The first-order valence-electron chi connectivity index (χ1n) is 7.58. The lowest BCUT2D eigenvalue weighted by Crippen LogP contribution is -2.03. The van der Waals surface area contributed by atoms with Crippen LogP contribution in [0.5, 0.6) is 5.75 Å². The van der Waals surface area contributed by atoms with Crippen LogP contribution in [0.15, 0.2) is 60.7 Å². The number of allylic oxidation sites excluding steroid dienone is 3. The largest absolute Gasteiger partial charge is 0.508 e. The molecule has 0 bridgehead atoms. The molecule has 4 heteroatoms. The van der Waals surface area contributed by atoms with E-state index < -0.39 is 0 Å². The number of Topliss-reactive ketones (excluding diaryl/α,β-unsaturated/α-hetero) is 1. The van der Waals surface area contributed by atoms with Crippen LogP contribution < -0.4 is 0 Å². The molecule has 0 spiro atoms. The van der Waals surface area contributed by atoms with Crippen molar-refractivity contribution in [2.24, 2.45) is 0 Å². The highest BCUT2D eigenvalue weighted by Crippen LogP contribution is 2.27. The van der Waals surface area contributed by atoms with Gasteiger partial charge in [-0.2, -0.15) is 10.5 Å². The van der Waals surface area contributed by atoms with Gasteiger partial charge < -0.3 is 5.11 Å². The normalized spacial score (nSPS) is 11.0. The van der Waals surface area contributed by atoms with Crippen LogP contribution in [0.25, 0.3) is 11.1 Å². The van der Waals surface area contributed by atoms with Crippen LogP contribution in [-0.4, -0.2) is 10.9 Å². The van der Waals surface area contributed by atoms with Crippen LogP contribution in [0.2, 0.25) is 0 Å². The highest BCUT2D eigenvalue weighted by molar-refractivity contribution is 6.02. The van der Waals surface area contributed by atoms with Crippen molar-refractivity contribution in [1.29, 1.82) is 10.5 Å². The number of ketones is 1. The summed E-state index contributed by atoms with van der Waals surface area (Å²) in [6, 6.07) is 17.2. The summed E-state index contributed by atoms with van der Waals surface area (Å²) in [5, 5.41) is 28.3. The molecule has 1 N–H and O–H groups in total. The van der Waals surface area contributed by atoms with Gasteiger partial charge in [-0.05, 0) is 53.5 Å². The third kappa shape index (κ3) is 4.22. The predicted octanol–water partition coefficient (Wildman–Crippen LogP) is 4.04. The average Bonchev–Trinajstić information content (AvgIpc) is 2.61. The molecule has 122 valence electrons. The van der Waals surface area contributed by atoms with Gasteiger partial charge in [-0.15, -0.1) is 0 Å². The maximum atomic E-state index is 11.7. The standard InChI is InChI=1S/C21H16N2O2/c1-14(2)21(25)11-15-3-5-16(6-4-15)19(12-22)20(13-23)17-7-9-18(24)10-8-17/h3-10,24H,1,11H2,2H3/b20-19+. The third-order valence-electron chi connectivity index (χ3n) is 3.71. The molecule has 0 heterocycles. The van der Waals surface area contributed by atoms with Gasteiger partial charge in [-0.3, -0.25) is 4.79 Å². The number of carbonyl (C=O) groups excluding carboxylic acids is 1. The lowest BCUT2D eigenvalue weighted by Gasteiger charge is -2.06. The quantitative estimate of drug-likeness (QED) is 0.510. The zero-order valence-electron chi connectivity index (χ0n) is 13.8. The topological polar surface area (TPSA) is 84.9 Å². The Bertz CT molecular complexity index is 922. The summed E-state index contributed by atoms with van der Waals surface area (Å²) in [5.41, 5.74) is 2.94. The number of nitrogens with zero attached hydrogens (tertiary/aromatic N) is 2. The number of aromatic hydroxyl groups is 1. The average molecular weight is 328 g/mol. The number of hydrogen-bond donors (Lipinski definition) is 1. The maximum absolute atomic E-state index is 11.7. The van der Waals surface area contributed by atoms with Crippen molar-refractivity contribution in [1.82, 2.24) is 0 Å². The number of benzene rings is 2. The number of phenols is 1. The van der Waals surface area contributed by atoms with Gasteiger partial charge >= 0.3 is 0 Å². The molecule has 4 nitrogen and oxygen atoms in total. The fourth-order valence-electron chi connectivity index (χ4n) is 2.28. The van der Waals surface area contributed by atoms with Crippen LogP contribution >= 0.6 is 0 Å². The Balaban J connectivity index is 2.41. The number of nitriles is 2. The van der Waals surface area contributed by atoms with Crippen LogP contribution in [0.1, 0.15) is 23.6 Å². The lowest BCUT2D eigenvalue weighted by molar-refractivity contribution is -0.114. The van der Waals surface area contributed by atoms with E-state index in [4.69, 9.17) is 0 Å².